The quantitative estimate of drug-likeness (QED) is 0.347. The molecule has 0 amide bonds. The van der Waals surface area contributed by atoms with Gasteiger partial charge in [0.25, 0.3) is 5.78 Å². The number of carbonyl (C=O) groups excluding carboxylic acids is 4. The molecule has 0 aliphatic rings. The largest absolute Gasteiger partial charge is 0.493 e. The second kappa shape index (κ2) is 11.8. The highest BCUT2D eigenvalue weighted by Gasteiger charge is 2.20. The number of ketones is 2. The van der Waals surface area contributed by atoms with Gasteiger partial charge >= 0.3 is 5.97 Å². The van der Waals surface area contributed by atoms with Gasteiger partial charge in [-0.25, -0.2) is 4.79 Å². The highest BCUT2D eigenvalue weighted by molar-refractivity contribution is 6.40. The van der Waals surface area contributed by atoms with Crippen LogP contribution in [0, 0.1) is 0 Å². The summed E-state index contributed by atoms with van der Waals surface area (Å²) in [6.07, 6.45) is 1.09. The Bertz CT molecular complexity index is 1040. The molecule has 0 fully saturated rings. The van der Waals surface area contributed by atoms with Crippen LogP contribution < -0.4 is 18.9 Å². The van der Waals surface area contributed by atoms with Gasteiger partial charge in [0.1, 0.15) is 0 Å². The minimum atomic E-state index is -1.60. The number of rotatable bonds is 9. The minimum absolute atomic E-state index is 0.0523. The molecule has 2 rings (SSSR count). The van der Waals surface area contributed by atoms with Crippen molar-refractivity contribution in [2.24, 2.45) is 0 Å². The third kappa shape index (κ3) is 5.91. The van der Waals surface area contributed by atoms with E-state index in [4.69, 9.17) is 24.1 Å². The molecule has 0 aliphatic carbocycles. The molecule has 0 radical (unpaired) electrons. The lowest BCUT2D eigenvalue weighted by Gasteiger charge is -2.10. The number of carbonyl (C=O) groups is 5. The second-order valence-corrected chi connectivity index (χ2v) is 6.03. The number of hydrogen-bond acceptors (Lipinski definition) is 9. The van der Waals surface area contributed by atoms with E-state index in [1.165, 1.54) is 47.5 Å². The molecule has 1 N–H and O–H groups in total. The second-order valence-electron chi connectivity index (χ2n) is 6.03. The smallest absolute Gasteiger partial charge is 0.377 e. The molecule has 0 aliphatic heterocycles. The Balaban J connectivity index is 0.000000323. The number of ether oxygens (including phenoxy) is 4. The lowest BCUT2D eigenvalue weighted by atomic mass is 10.1. The number of carboxylic acids is 1. The van der Waals surface area contributed by atoms with Crippen molar-refractivity contribution >= 4 is 30.1 Å². The molecule has 0 unspecified atom stereocenters. The number of methoxy groups -OCH3 is 4. The number of aliphatic carboxylic acids is 1. The number of carboxylic acid groups (broad SMARTS) is 1. The highest BCUT2D eigenvalue weighted by atomic mass is 16.5. The lowest BCUT2D eigenvalue weighted by Crippen LogP contribution is -2.13. The van der Waals surface area contributed by atoms with Crippen LogP contribution in [0.1, 0.15) is 48.4 Å². The van der Waals surface area contributed by atoms with Gasteiger partial charge < -0.3 is 24.1 Å². The third-order valence-corrected chi connectivity index (χ3v) is 4.13. The van der Waals surface area contributed by atoms with Gasteiger partial charge in [0.2, 0.25) is 0 Å². The molecule has 0 aromatic heterocycles. The predicted molar refractivity (Wildman–Crippen MR) is 112 cm³/mol. The third-order valence-electron chi connectivity index (χ3n) is 4.13. The van der Waals surface area contributed by atoms with Crippen LogP contribution in [0.25, 0.3) is 0 Å². The molecule has 0 atom stereocenters. The Morgan fingerprint density at radius 1 is 0.719 bits per heavy atom. The summed E-state index contributed by atoms with van der Waals surface area (Å²) in [4.78, 5) is 54.6. The van der Waals surface area contributed by atoms with E-state index in [0.29, 0.717) is 35.2 Å². The summed E-state index contributed by atoms with van der Waals surface area (Å²) in [5, 5.41) is 8.58. The number of benzene rings is 2. The molecule has 0 bridgehead atoms. The van der Waals surface area contributed by atoms with Crippen LogP contribution in [-0.4, -0.2) is 63.7 Å². The molecule has 0 saturated heterocycles. The Kier molecular flexibility index (Phi) is 9.56. The van der Waals surface area contributed by atoms with Gasteiger partial charge in [-0.1, -0.05) is 0 Å². The fraction of sp³-hybridized carbons (Fsp3) is 0.227. The van der Waals surface area contributed by atoms with E-state index in [1.807, 2.05) is 0 Å². The standard InChI is InChI=1S/C11H10O6.C11H12O4/c1-16-8-4-6(9(13)11(14)15)3-7(5-12)10(8)17-2;1-7(13)8-4-9(6-12)11(15-3)10(5-8)14-2/h3-5H,1-2H3,(H,14,15);4-6H,1-3H3. The van der Waals surface area contributed by atoms with Gasteiger partial charge in [-0.2, -0.15) is 0 Å². The first-order chi connectivity index (χ1) is 15.2. The van der Waals surface area contributed by atoms with Crippen molar-refractivity contribution in [3.63, 3.8) is 0 Å². The van der Waals surface area contributed by atoms with Gasteiger partial charge in [-0.15, -0.1) is 0 Å². The topological polar surface area (TPSA) is 142 Å². The van der Waals surface area contributed by atoms with Crippen molar-refractivity contribution < 1.29 is 48.0 Å². The zero-order valence-corrected chi connectivity index (χ0v) is 18.1. The molecular weight excluding hydrogens is 424 g/mol. The summed E-state index contributed by atoms with van der Waals surface area (Å²) in [6.45, 7) is 1.43. The van der Waals surface area contributed by atoms with Gasteiger partial charge in [-0.3, -0.25) is 19.2 Å². The molecule has 10 heteroatoms. The van der Waals surface area contributed by atoms with Crippen molar-refractivity contribution in [2.45, 2.75) is 6.92 Å². The summed E-state index contributed by atoms with van der Waals surface area (Å²) >= 11 is 0. The zero-order valence-electron chi connectivity index (χ0n) is 18.1. The van der Waals surface area contributed by atoms with Gasteiger partial charge in [0.15, 0.2) is 41.4 Å². The Hall–Kier alpha value is -4.21. The van der Waals surface area contributed by atoms with E-state index < -0.39 is 11.8 Å². The maximum absolute atomic E-state index is 11.3. The summed E-state index contributed by atoms with van der Waals surface area (Å²) < 4.78 is 19.9. The fourth-order valence-corrected chi connectivity index (χ4v) is 2.62. The molecule has 10 nitrogen and oxygen atoms in total. The van der Waals surface area contributed by atoms with Crippen molar-refractivity contribution in [1.29, 1.82) is 0 Å². The van der Waals surface area contributed by atoms with Gasteiger partial charge in [-0.05, 0) is 31.2 Å². The van der Waals surface area contributed by atoms with Crippen molar-refractivity contribution in [2.75, 3.05) is 28.4 Å². The fourth-order valence-electron chi connectivity index (χ4n) is 2.62. The molecular formula is C22H22O10. The Morgan fingerprint density at radius 3 is 1.44 bits per heavy atom. The van der Waals surface area contributed by atoms with E-state index in [0.717, 1.165) is 6.07 Å². The van der Waals surface area contributed by atoms with Gasteiger partial charge in [0, 0.05) is 11.1 Å². The van der Waals surface area contributed by atoms with Crippen molar-refractivity contribution in [1.82, 2.24) is 0 Å². The van der Waals surface area contributed by atoms with E-state index in [1.54, 1.807) is 6.07 Å². The number of hydrogen-bond donors (Lipinski definition) is 1. The molecule has 32 heavy (non-hydrogen) atoms. The van der Waals surface area contributed by atoms with E-state index in [2.05, 4.69) is 0 Å². The van der Waals surface area contributed by atoms with Crippen LogP contribution in [0.3, 0.4) is 0 Å². The average molecular weight is 446 g/mol. The lowest BCUT2D eigenvalue weighted by molar-refractivity contribution is -0.131. The minimum Gasteiger partial charge on any atom is -0.493 e. The molecule has 0 heterocycles. The number of aldehydes is 2. The zero-order chi connectivity index (χ0) is 24.4. The first kappa shape index (κ1) is 25.8. The Morgan fingerprint density at radius 2 is 1.12 bits per heavy atom. The van der Waals surface area contributed by atoms with E-state index in [9.17, 15) is 24.0 Å². The first-order valence-electron chi connectivity index (χ1n) is 8.89. The summed E-state index contributed by atoms with van der Waals surface area (Å²) in [6, 6.07) is 5.39. The van der Waals surface area contributed by atoms with Crippen LogP contribution in [0.4, 0.5) is 0 Å². The molecule has 0 spiro atoms. The van der Waals surface area contributed by atoms with E-state index >= 15 is 0 Å². The summed E-state index contributed by atoms with van der Waals surface area (Å²) in [5.41, 5.74) is 0.644. The molecule has 2 aromatic rings. The number of Topliss-reactive ketones (excluding diaryl/α,β-unsaturated/α-hetero) is 2. The monoisotopic (exact) mass is 446 g/mol. The average Bonchev–Trinajstić information content (AvgIpc) is 2.81. The maximum atomic E-state index is 11.3. The summed E-state index contributed by atoms with van der Waals surface area (Å²) in [7, 11) is 5.56. The van der Waals surface area contributed by atoms with Crippen LogP contribution in [0.2, 0.25) is 0 Å². The van der Waals surface area contributed by atoms with Crippen LogP contribution in [-0.2, 0) is 4.79 Å². The Labute approximate surface area is 183 Å². The normalized spacial score (nSPS) is 9.53. The summed E-state index contributed by atoms with van der Waals surface area (Å²) in [5.74, 6) is -1.84. The van der Waals surface area contributed by atoms with E-state index in [-0.39, 0.29) is 28.4 Å². The van der Waals surface area contributed by atoms with Crippen molar-refractivity contribution in [3.05, 3.63) is 46.5 Å². The van der Waals surface area contributed by atoms with Crippen LogP contribution in [0.5, 0.6) is 23.0 Å². The van der Waals surface area contributed by atoms with Crippen LogP contribution in [0.15, 0.2) is 24.3 Å². The van der Waals surface area contributed by atoms with Crippen molar-refractivity contribution in [3.8, 4) is 23.0 Å². The molecule has 0 saturated carbocycles. The first-order valence-corrected chi connectivity index (χ1v) is 8.89. The van der Waals surface area contributed by atoms with Gasteiger partial charge in [0.05, 0.1) is 39.6 Å². The maximum Gasteiger partial charge on any atom is 0.377 e. The molecule has 2 aromatic carbocycles. The SMILES string of the molecule is COc1cc(C(=O)C(=O)O)cc(C=O)c1OC.COc1cc(C(C)=O)cc(C=O)c1OC. The van der Waals surface area contributed by atoms with Crippen LogP contribution >= 0.6 is 0 Å². The highest BCUT2D eigenvalue weighted by Crippen LogP contribution is 2.32. The predicted octanol–water partition coefficient (Wildman–Crippen LogP) is 2.50. The molecule has 170 valence electrons.